The van der Waals surface area contributed by atoms with Crippen molar-refractivity contribution in [3.63, 3.8) is 0 Å². The quantitative estimate of drug-likeness (QED) is 0.275. The van der Waals surface area contributed by atoms with E-state index in [1.165, 1.54) is 4.90 Å². The number of carbonyl (C=O) groups excluding carboxylic acids is 2. The SMILES string of the molecule is COc1cc(/C=C2\SC(=O)N(CCOc3cc(C)ccc3C(C)C)C2=O)ccc1OCc1ccccc1. The number of hydrogen-bond donors (Lipinski definition) is 0. The zero-order chi connectivity index (χ0) is 26.4. The highest BCUT2D eigenvalue weighted by atomic mass is 32.2. The molecule has 0 spiro atoms. The van der Waals surface area contributed by atoms with Gasteiger partial charge in [-0.25, -0.2) is 0 Å². The highest BCUT2D eigenvalue weighted by Gasteiger charge is 2.35. The molecule has 0 saturated carbocycles. The smallest absolute Gasteiger partial charge is 0.293 e. The van der Waals surface area contributed by atoms with Crippen LogP contribution in [0.25, 0.3) is 6.08 Å². The third kappa shape index (κ3) is 6.54. The molecule has 0 unspecified atom stereocenters. The van der Waals surface area contributed by atoms with E-state index in [1.807, 2.05) is 49.4 Å². The largest absolute Gasteiger partial charge is 0.493 e. The number of methoxy groups -OCH3 is 1. The van der Waals surface area contributed by atoms with Crippen molar-refractivity contribution in [3.8, 4) is 17.2 Å². The molecule has 6 nitrogen and oxygen atoms in total. The number of nitrogens with zero attached hydrogens (tertiary/aromatic N) is 1. The van der Waals surface area contributed by atoms with Crippen LogP contribution >= 0.6 is 11.8 Å². The lowest BCUT2D eigenvalue weighted by molar-refractivity contribution is -0.123. The number of ether oxygens (including phenoxy) is 3. The Bertz CT molecular complexity index is 1300. The van der Waals surface area contributed by atoms with Gasteiger partial charge in [0.2, 0.25) is 0 Å². The predicted octanol–water partition coefficient (Wildman–Crippen LogP) is 6.82. The fourth-order valence-corrected chi connectivity index (χ4v) is 4.83. The molecule has 37 heavy (non-hydrogen) atoms. The average Bonchev–Trinajstić information content (AvgIpc) is 3.15. The van der Waals surface area contributed by atoms with Crippen LogP contribution < -0.4 is 14.2 Å². The molecule has 1 aliphatic rings. The second-order valence-corrected chi connectivity index (χ2v) is 10.1. The number of amides is 2. The summed E-state index contributed by atoms with van der Waals surface area (Å²) in [6, 6.07) is 21.4. The van der Waals surface area contributed by atoms with Crippen LogP contribution in [0.2, 0.25) is 0 Å². The van der Waals surface area contributed by atoms with Crippen molar-refractivity contribution in [2.75, 3.05) is 20.3 Å². The molecule has 0 atom stereocenters. The second-order valence-electron chi connectivity index (χ2n) is 9.06. The maximum Gasteiger partial charge on any atom is 0.293 e. The van der Waals surface area contributed by atoms with Crippen molar-refractivity contribution in [2.45, 2.75) is 33.3 Å². The van der Waals surface area contributed by atoms with Crippen LogP contribution in [0.15, 0.2) is 71.6 Å². The van der Waals surface area contributed by atoms with Crippen molar-refractivity contribution in [2.24, 2.45) is 0 Å². The van der Waals surface area contributed by atoms with Crippen molar-refractivity contribution >= 4 is 29.0 Å². The first-order valence-corrected chi connectivity index (χ1v) is 13.0. The molecule has 1 fully saturated rings. The van der Waals surface area contributed by atoms with Gasteiger partial charge in [-0.05, 0) is 71.1 Å². The van der Waals surface area contributed by atoms with E-state index >= 15 is 0 Å². The molecule has 4 rings (SSSR count). The Hall–Kier alpha value is -3.71. The summed E-state index contributed by atoms with van der Waals surface area (Å²) in [6.07, 6.45) is 1.70. The summed E-state index contributed by atoms with van der Waals surface area (Å²) < 4.78 is 17.4. The van der Waals surface area contributed by atoms with Crippen LogP contribution in [-0.2, 0) is 11.4 Å². The highest BCUT2D eigenvalue weighted by molar-refractivity contribution is 8.18. The first-order chi connectivity index (χ1) is 17.9. The minimum absolute atomic E-state index is 0.184. The number of imide groups is 1. The maximum absolute atomic E-state index is 13.0. The van der Waals surface area contributed by atoms with E-state index in [4.69, 9.17) is 14.2 Å². The summed E-state index contributed by atoms with van der Waals surface area (Å²) in [6.45, 7) is 7.05. The van der Waals surface area contributed by atoms with Crippen molar-refractivity contribution in [1.82, 2.24) is 4.90 Å². The molecule has 0 aromatic heterocycles. The standard InChI is InChI=1S/C30H31NO5S/c1-20(2)24-12-10-21(3)16-26(24)35-15-14-31-29(32)28(37-30(31)33)18-23-11-13-25(27(17-23)34-4)36-19-22-8-6-5-7-9-22/h5-13,16-18,20H,14-15,19H2,1-4H3/b28-18-. The van der Waals surface area contributed by atoms with Gasteiger partial charge in [-0.3, -0.25) is 14.5 Å². The molecule has 192 valence electrons. The van der Waals surface area contributed by atoms with Crippen LogP contribution in [0.5, 0.6) is 17.2 Å². The number of benzene rings is 3. The van der Waals surface area contributed by atoms with Gasteiger partial charge in [0.15, 0.2) is 11.5 Å². The van der Waals surface area contributed by atoms with E-state index in [2.05, 4.69) is 26.0 Å². The lowest BCUT2D eigenvalue weighted by atomic mass is 10.0. The molecule has 3 aromatic rings. The van der Waals surface area contributed by atoms with E-state index in [0.29, 0.717) is 28.9 Å². The fraction of sp³-hybridized carbons (Fsp3) is 0.267. The number of hydrogen-bond acceptors (Lipinski definition) is 6. The number of aryl methyl sites for hydroxylation is 1. The average molecular weight is 518 g/mol. The summed E-state index contributed by atoms with van der Waals surface area (Å²) in [4.78, 5) is 27.2. The molecule has 0 N–H and O–H groups in total. The monoisotopic (exact) mass is 517 g/mol. The lowest BCUT2D eigenvalue weighted by Gasteiger charge is -2.17. The van der Waals surface area contributed by atoms with Crippen molar-refractivity contribution in [1.29, 1.82) is 0 Å². The van der Waals surface area contributed by atoms with Gasteiger partial charge >= 0.3 is 0 Å². The summed E-state index contributed by atoms with van der Waals surface area (Å²) >= 11 is 0.929. The molecule has 1 saturated heterocycles. The summed E-state index contributed by atoms with van der Waals surface area (Å²) in [7, 11) is 1.57. The van der Waals surface area contributed by atoms with Gasteiger partial charge in [0, 0.05) is 0 Å². The molecule has 2 amide bonds. The van der Waals surface area contributed by atoms with Gasteiger partial charge < -0.3 is 14.2 Å². The highest BCUT2D eigenvalue weighted by Crippen LogP contribution is 2.35. The van der Waals surface area contributed by atoms with Crippen LogP contribution in [0.3, 0.4) is 0 Å². The molecule has 0 bridgehead atoms. The molecule has 0 radical (unpaired) electrons. The van der Waals surface area contributed by atoms with Gasteiger partial charge in [-0.1, -0.05) is 62.4 Å². The number of rotatable bonds is 10. The lowest BCUT2D eigenvalue weighted by Crippen LogP contribution is -2.32. The maximum atomic E-state index is 13.0. The Balaban J connectivity index is 1.40. The molecule has 0 aliphatic carbocycles. The van der Waals surface area contributed by atoms with Crippen LogP contribution in [0.1, 0.15) is 42.0 Å². The minimum Gasteiger partial charge on any atom is -0.493 e. The molecule has 1 heterocycles. The van der Waals surface area contributed by atoms with Gasteiger partial charge in [0.25, 0.3) is 11.1 Å². The third-order valence-electron chi connectivity index (χ3n) is 5.96. The van der Waals surface area contributed by atoms with Crippen molar-refractivity contribution in [3.05, 3.63) is 93.9 Å². The normalized spacial score (nSPS) is 14.5. The molecule has 3 aromatic carbocycles. The van der Waals surface area contributed by atoms with Gasteiger partial charge in [0.1, 0.15) is 19.0 Å². The minimum atomic E-state index is -0.324. The zero-order valence-electron chi connectivity index (χ0n) is 21.5. The topological polar surface area (TPSA) is 65.1 Å². The van der Waals surface area contributed by atoms with Gasteiger partial charge in [-0.15, -0.1) is 0 Å². The van der Waals surface area contributed by atoms with Crippen LogP contribution in [0.4, 0.5) is 4.79 Å². The Morgan fingerprint density at radius 2 is 1.70 bits per heavy atom. The summed E-state index contributed by atoms with van der Waals surface area (Å²) in [5.74, 6) is 1.93. The van der Waals surface area contributed by atoms with E-state index in [9.17, 15) is 9.59 Å². The van der Waals surface area contributed by atoms with Gasteiger partial charge in [-0.2, -0.15) is 0 Å². The first kappa shape index (κ1) is 26.4. The van der Waals surface area contributed by atoms with E-state index in [1.54, 1.807) is 25.3 Å². The summed E-state index contributed by atoms with van der Waals surface area (Å²) in [5, 5.41) is -0.303. The van der Waals surface area contributed by atoms with Crippen molar-refractivity contribution < 1.29 is 23.8 Å². The Morgan fingerprint density at radius 1 is 0.919 bits per heavy atom. The molecule has 1 aliphatic heterocycles. The second kappa shape index (κ2) is 12.0. The van der Waals surface area contributed by atoms with Crippen LogP contribution in [0, 0.1) is 6.92 Å². The predicted molar refractivity (Wildman–Crippen MR) is 147 cm³/mol. The summed E-state index contributed by atoms with van der Waals surface area (Å²) in [5.41, 5.74) is 3.99. The van der Waals surface area contributed by atoms with E-state index < -0.39 is 0 Å². The van der Waals surface area contributed by atoms with E-state index in [-0.39, 0.29) is 24.3 Å². The van der Waals surface area contributed by atoms with Crippen LogP contribution in [-0.4, -0.2) is 36.3 Å². The molecular weight excluding hydrogens is 486 g/mol. The Morgan fingerprint density at radius 3 is 2.43 bits per heavy atom. The first-order valence-electron chi connectivity index (χ1n) is 12.2. The Labute approximate surface area is 222 Å². The number of thioether (sulfide) groups is 1. The molecule has 7 heteroatoms. The van der Waals surface area contributed by atoms with E-state index in [0.717, 1.165) is 39.8 Å². The van der Waals surface area contributed by atoms with Gasteiger partial charge in [0.05, 0.1) is 18.6 Å². The zero-order valence-corrected chi connectivity index (χ0v) is 22.3. The Kier molecular flexibility index (Phi) is 8.56. The fourth-order valence-electron chi connectivity index (χ4n) is 3.96. The number of carbonyl (C=O) groups is 2. The molecular formula is C30H31NO5S. The third-order valence-corrected chi connectivity index (χ3v) is 6.87.